The van der Waals surface area contributed by atoms with E-state index >= 15 is 0 Å². The minimum absolute atomic E-state index is 0.278. The maximum absolute atomic E-state index is 11.6. The molecule has 0 saturated carbocycles. The van der Waals surface area contributed by atoms with Crippen LogP contribution in [-0.4, -0.2) is 29.9 Å². The minimum Gasteiger partial charge on any atom is -0.497 e. The van der Waals surface area contributed by atoms with Crippen molar-refractivity contribution in [2.75, 3.05) is 19.0 Å². The van der Waals surface area contributed by atoms with E-state index in [-0.39, 0.29) is 11.2 Å². The molecule has 0 spiro atoms. The van der Waals surface area contributed by atoms with Crippen molar-refractivity contribution in [3.8, 4) is 5.75 Å². The lowest BCUT2D eigenvalue weighted by atomic mass is 10.1. The third-order valence-electron chi connectivity index (χ3n) is 2.73. The van der Waals surface area contributed by atoms with E-state index in [1.807, 2.05) is 24.3 Å². The van der Waals surface area contributed by atoms with Crippen LogP contribution in [0.1, 0.15) is 5.56 Å². The Kier molecular flexibility index (Phi) is 5.34. The number of rotatable bonds is 5. The van der Waals surface area contributed by atoms with Gasteiger partial charge in [-0.05, 0) is 36.2 Å². The fourth-order valence-electron chi connectivity index (χ4n) is 1.66. The van der Waals surface area contributed by atoms with Crippen LogP contribution in [-0.2, 0) is 6.42 Å². The minimum atomic E-state index is -0.333. The molecule has 0 atom stereocenters. The highest BCUT2D eigenvalue weighted by molar-refractivity contribution is 6.29. The first-order chi connectivity index (χ1) is 10.2. The van der Waals surface area contributed by atoms with E-state index in [9.17, 15) is 4.79 Å². The van der Waals surface area contributed by atoms with Gasteiger partial charge in [-0.3, -0.25) is 5.32 Å². The summed E-state index contributed by atoms with van der Waals surface area (Å²) in [5.41, 5.74) is 1.11. The van der Waals surface area contributed by atoms with E-state index in [0.29, 0.717) is 12.4 Å². The normalized spacial score (nSPS) is 10.0. The Labute approximate surface area is 127 Å². The van der Waals surface area contributed by atoms with E-state index in [1.54, 1.807) is 19.2 Å². The van der Waals surface area contributed by atoms with Gasteiger partial charge in [-0.15, -0.1) is 10.2 Å². The second-order valence-corrected chi connectivity index (χ2v) is 4.61. The van der Waals surface area contributed by atoms with Gasteiger partial charge in [0.2, 0.25) is 0 Å². The first-order valence-electron chi connectivity index (χ1n) is 6.34. The molecule has 0 aliphatic rings. The highest BCUT2D eigenvalue weighted by atomic mass is 35.5. The number of anilines is 1. The standard InChI is InChI=1S/C14H15ClN4O2/c1-21-11-4-2-10(3-5-11)8-9-16-14(20)17-13-7-6-12(15)18-19-13/h2-7H,8-9H2,1H3,(H2,16,17,19,20). The highest BCUT2D eigenvalue weighted by Gasteiger charge is 2.03. The SMILES string of the molecule is COc1ccc(CCNC(=O)Nc2ccc(Cl)nn2)cc1. The predicted octanol–water partition coefficient (Wildman–Crippen LogP) is 2.50. The predicted molar refractivity (Wildman–Crippen MR) is 80.8 cm³/mol. The summed E-state index contributed by atoms with van der Waals surface area (Å²) >= 11 is 5.61. The second-order valence-electron chi connectivity index (χ2n) is 4.22. The molecule has 0 radical (unpaired) electrons. The molecule has 7 heteroatoms. The van der Waals surface area contributed by atoms with Crippen molar-refractivity contribution in [2.24, 2.45) is 0 Å². The number of halogens is 1. The van der Waals surface area contributed by atoms with E-state index in [0.717, 1.165) is 17.7 Å². The van der Waals surface area contributed by atoms with Crippen molar-refractivity contribution in [3.05, 3.63) is 47.1 Å². The summed E-state index contributed by atoms with van der Waals surface area (Å²) in [6.07, 6.45) is 0.726. The van der Waals surface area contributed by atoms with Crippen LogP contribution >= 0.6 is 11.6 Å². The van der Waals surface area contributed by atoms with Gasteiger partial charge in [-0.25, -0.2) is 4.79 Å². The summed E-state index contributed by atoms with van der Waals surface area (Å²) in [6, 6.07) is 10.5. The third-order valence-corrected chi connectivity index (χ3v) is 2.93. The molecule has 0 fully saturated rings. The lowest BCUT2D eigenvalue weighted by Crippen LogP contribution is -2.30. The molecule has 0 aliphatic carbocycles. The van der Waals surface area contributed by atoms with E-state index < -0.39 is 0 Å². The number of urea groups is 1. The number of ether oxygens (including phenoxy) is 1. The monoisotopic (exact) mass is 306 g/mol. The van der Waals surface area contributed by atoms with Crippen molar-refractivity contribution < 1.29 is 9.53 Å². The number of hydrogen-bond acceptors (Lipinski definition) is 4. The van der Waals surface area contributed by atoms with Crippen LogP contribution in [0.4, 0.5) is 10.6 Å². The summed E-state index contributed by atoms with van der Waals surface area (Å²) in [7, 11) is 1.63. The van der Waals surface area contributed by atoms with Gasteiger partial charge in [0.1, 0.15) is 5.75 Å². The molecule has 110 valence electrons. The number of aromatic nitrogens is 2. The molecular formula is C14H15ClN4O2. The van der Waals surface area contributed by atoms with Gasteiger partial charge in [0.15, 0.2) is 11.0 Å². The Balaban J connectivity index is 1.74. The molecule has 21 heavy (non-hydrogen) atoms. The summed E-state index contributed by atoms with van der Waals surface area (Å²) in [5.74, 6) is 1.16. The summed E-state index contributed by atoms with van der Waals surface area (Å²) in [5, 5.41) is 13.0. The molecule has 2 aromatic rings. The van der Waals surface area contributed by atoms with Gasteiger partial charge in [0, 0.05) is 6.54 Å². The van der Waals surface area contributed by atoms with E-state index in [1.165, 1.54) is 0 Å². The molecule has 2 rings (SSSR count). The first kappa shape index (κ1) is 15.1. The number of hydrogen-bond donors (Lipinski definition) is 2. The zero-order chi connectivity index (χ0) is 15.1. The van der Waals surface area contributed by atoms with Gasteiger partial charge >= 0.3 is 6.03 Å². The summed E-state index contributed by atoms with van der Waals surface area (Å²) < 4.78 is 5.08. The topological polar surface area (TPSA) is 76.1 Å². The average molecular weight is 307 g/mol. The second kappa shape index (κ2) is 7.44. The van der Waals surface area contributed by atoms with Crippen molar-refractivity contribution in [2.45, 2.75) is 6.42 Å². The average Bonchev–Trinajstić information content (AvgIpc) is 2.50. The quantitative estimate of drug-likeness (QED) is 0.890. The van der Waals surface area contributed by atoms with Crippen molar-refractivity contribution in [1.29, 1.82) is 0 Å². The molecule has 2 N–H and O–H groups in total. The Morgan fingerprint density at radius 3 is 2.57 bits per heavy atom. The van der Waals surface area contributed by atoms with Crippen molar-refractivity contribution >= 4 is 23.4 Å². The summed E-state index contributed by atoms with van der Waals surface area (Å²) in [4.78, 5) is 11.6. The van der Waals surface area contributed by atoms with Gasteiger partial charge in [0.25, 0.3) is 0 Å². The molecule has 6 nitrogen and oxygen atoms in total. The van der Waals surface area contributed by atoms with Crippen LogP contribution in [0.25, 0.3) is 0 Å². The highest BCUT2D eigenvalue weighted by Crippen LogP contribution is 2.11. The fourth-order valence-corrected chi connectivity index (χ4v) is 1.76. The zero-order valence-corrected chi connectivity index (χ0v) is 12.2. The lowest BCUT2D eigenvalue weighted by molar-refractivity contribution is 0.252. The number of benzene rings is 1. The van der Waals surface area contributed by atoms with Gasteiger partial charge in [-0.2, -0.15) is 0 Å². The Morgan fingerprint density at radius 1 is 1.19 bits per heavy atom. The fraction of sp³-hybridized carbons (Fsp3) is 0.214. The van der Waals surface area contributed by atoms with E-state index in [4.69, 9.17) is 16.3 Å². The van der Waals surface area contributed by atoms with Crippen molar-refractivity contribution in [1.82, 2.24) is 15.5 Å². The maximum atomic E-state index is 11.6. The zero-order valence-electron chi connectivity index (χ0n) is 11.5. The molecule has 0 unspecified atom stereocenters. The molecule has 1 aromatic carbocycles. The van der Waals surface area contributed by atoms with Gasteiger partial charge < -0.3 is 10.1 Å². The molecule has 0 bridgehead atoms. The smallest absolute Gasteiger partial charge is 0.320 e. The van der Waals surface area contributed by atoms with Gasteiger partial charge in [0.05, 0.1) is 7.11 Å². The lowest BCUT2D eigenvalue weighted by Gasteiger charge is -2.07. The number of amides is 2. The Bertz CT molecular complexity index is 587. The number of nitrogens with zero attached hydrogens (tertiary/aromatic N) is 2. The Hall–Kier alpha value is -2.34. The van der Waals surface area contributed by atoms with Crippen LogP contribution in [0.2, 0.25) is 5.15 Å². The van der Waals surface area contributed by atoms with Crippen molar-refractivity contribution in [3.63, 3.8) is 0 Å². The molecule has 0 saturated heterocycles. The number of nitrogens with one attached hydrogen (secondary N) is 2. The molecule has 0 aliphatic heterocycles. The molecule has 1 heterocycles. The largest absolute Gasteiger partial charge is 0.497 e. The van der Waals surface area contributed by atoms with E-state index in [2.05, 4.69) is 20.8 Å². The van der Waals surface area contributed by atoms with Crippen LogP contribution in [0.15, 0.2) is 36.4 Å². The Morgan fingerprint density at radius 2 is 1.95 bits per heavy atom. The molecular weight excluding hydrogens is 292 g/mol. The number of methoxy groups -OCH3 is 1. The molecule has 2 amide bonds. The number of carbonyl (C=O) groups is 1. The van der Waals surface area contributed by atoms with Crippen LogP contribution in [0.3, 0.4) is 0 Å². The third kappa shape index (κ3) is 4.92. The first-order valence-corrected chi connectivity index (χ1v) is 6.72. The maximum Gasteiger partial charge on any atom is 0.320 e. The van der Waals surface area contributed by atoms with Gasteiger partial charge in [-0.1, -0.05) is 23.7 Å². The molecule has 1 aromatic heterocycles. The van der Waals surface area contributed by atoms with Crippen LogP contribution in [0, 0.1) is 0 Å². The van der Waals surface area contributed by atoms with Crippen LogP contribution < -0.4 is 15.4 Å². The van der Waals surface area contributed by atoms with Crippen LogP contribution in [0.5, 0.6) is 5.75 Å². The summed E-state index contributed by atoms with van der Waals surface area (Å²) in [6.45, 7) is 0.513. The number of carbonyl (C=O) groups excluding carboxylic acids is 1.